The maximum absolute atomic E-state index is 14.0. The van der Waals surface area contributed by atoms with Gasteiger partial charge in [0.15, 0.2) is 0 Å². The number of nitrogens with zero attached hydrogens (tertiary/aromatic N) is 2. The molecule has 2 aliphatic heterocycles. The summed E-state index contributed by atoms with van der Waals surface area (Å²) in [5.74, 6) is -1.79. The van der Waals surface area contributed by atoms with Crippen molar-refractivity contribution in [2.24, 2.45) is 0 Å². The number of nitrogens with one attached hydrogen (secondary N) is 1. The molecule has 0 bridgehead atoms. The zero-order valence-electron chi connectivity index (χ0n) is 23.3. The normalized spacial score (nSPS) is 21.4. The molecule has 2 heterocycles. The Morgan fingerprint density at radius 1 is 0.881 bits per heavy atom. The first-order valence-corrected chi connectivity index (χ1v) is 14.5. The number of benzene rings is 3. The Labute approximate surface area is 244 Å². The van der Waals surface area contributed by atoms with Gasteiger partial charge in [0.1, 0.15) is 18.2 Å². The fourth-order valence-corrected chi connectivity index (χ4v) is 6.70. The number of alkyl carbamates (subject to hydrolysis) is 1. The highest BCUT2D eigenvalue weighted by Gasteiger charge is 2.50. The smallest absolute Gasteiger partial charge is 0.408 e. The maximum Gasteiger partial charge on any atom is 0.408 e. The molecule has 3 aliphatic rings. The largest absolute Gasteiger partial charge is 0.480 e. The number of piperidine rings is 1. The van der Waals surface area contributed by atoms with Gasteiger partial charge in [-0.1, -0.05) is 78.9 Å². The van der Waals surface area contributed by atoms with Crippen molar-refractivity contribution in [3.63, 3.8) is 0 Å². The fourth-order valence-electron chi connectivity index (χ4n) is 6.70. The molecule has 3 aromatic carbocycles. The Bertz CT molecular complexity index is 1420. The van der Waals surface area contributed by atoms with Crippen LogP contribution in [0.1, 0.15) is 41.9 Å². The van der Waals surface area contributed by atoms with Crippen molar-refractivity contribution in [2.75, 3.05) is 26.2 Å². The van der Waals surface area contributed by atoms with Gasteiger partial charge in [0.05, 0.1) is 6.10 Å². The Balaban J connectivity index is 1.19. The Kier molecular flexibility index (Phi) is 7.70. The number of aliphatic hydroxyl groups excluding tert-OH is 1. The lowest BCUT2D eigenvalue weighted by Crippen LogP contribution is -2.65. The molecule has 6 rings (SSSR count). The molecule has 1 aliphatic carbocycles. The van der Waals surface area contributed by atoms with E-state index in [0.717, 1.165) is 27.8 Å². The molecule has 0 spiro atoms. The predicted molar refractivity (Wildman–Crippen MR) is 156 cm³/mol. The standard InChI is InChI=1S/C33H35N3O6/c37-23-18-29(30(38)39)36(20-23)31(40)33(14-16-35(17-15-33)19-22-8-2-1-3-9-22)34-32(41)42-21-28-26-12-6-4-10-24(26)25-11-5-7-13-27(25)28/h1-13,23,28-29,37H,14-21H2,(H,34,41)(H,38,39)/t23?,29-/m0/s1. The Hall–Kier alpha value is -4.21. The minimum Gasteiger partial charge on any atom is -0.480 e. The number of likely N-dealkylation sites (tertiary alicyclic amines) is 2. The average molecular weight is 570 g/mol. The predicted octanol–water partition coefficient (Wildman–Crippen LogP) is 3.61. The molecule has 1 unspecified atom stereocenters. The first-order valence-electron chi connectivity index (χ1n) is 14.5. The molecule has 2 saturated heterocycles. The van der Waals surface area contributed by atoms with Crippen molar-refractivity contribution >= 4 is 18.0 Å². The molecule has 2 amide bonds. The van der Waals surface area contributed by atoms with Gasteiger partial charge in [0.25, 0.3) is 0 Å². The third-order valence-corrected chi connectivity index (χ3v) is 8.88. The quantitative estimate of drug-likeness (QED) is 0.398. The highest BCUT2D eigenvalue weighted by Crippen LogP contribution is 2.44. The first kappa shape index (κ1) is 27.9. The fraction of sp³-hybridized carbons (Fsp3) is 0.364. The van der Waals surface area contributed by atoms with E-state index in [9.17, 15) is 24.6 Å². The summed E-state index contributed by atoms with van der Waals surface area (Å²) in [6.07, 6.45) is -1.10. The van der Waals surface area contributed by atoms with Crippen molar-refractivity contribution in [3.05, 3.63) is 95.6 Å². The molecule has 2 fully saturated rings. The topological polar surface area (TPSA) is 119 Å². The minimum atomic E-state index is -1.34. The van der Waals surface area contributed by atoms with Crippen LogP contribution in [-0.2, 0) is 20.9 Å². The van der Waals surface area contributed by atoms with E-state index >= 15 is 0 Å². The second kappa shape index (κ2) is 11.6. The number of carbonyl (C=O) groups is 3. The van der Waals surface area contributed by atoms with Gasteiger partial charge in [-0.15, -0.1) is 0 Å². The zero-order valence-corrected chi connectivity index (χ0v) is 23.3. The molecule has 9 nitrogen and oxygen atoms in total. The number of aliphatic hydroxyl groups is 1. The summed E-state index contributed by atoms with van der Waals surface area (Å²) in [4.78, 5) is 42.8. The molecule has 3 N–H and O–H groups in total. The Morgan fingerprint density at radius 3 is 2.10 bits per heavy atom. The van der Waals surface area contributed by atoms with Crippen LogP contribution in [0.15, 0.2) is 78.9 Å². The van der Waals surface area contributed by atoms with Gasteiger partial charge in [-0.05, 0) is 40.7 Å². The van der Waals surface area contributed by atoms with Gasteiger partial charge in [0, 0.05) is 38.5 Å². The number of hydrogen-bond acceptors (Lipinski definition) is 6. The van der Waals surface area contributed by atoms with Crippen LogP contribution in [0.4, 0.5) is 4.79 Å². The van der Waals surface area contributed by atoms with Crippen LogP contribution in [0.3, 0.4) is 0 Å². The molecule has 0 saturated carbocycles. The number of carboxylic acids is 1. The van der Waals surface area contributed by atoms with Crippen LogP contribution in [0, 0.1) is 0 Å². The summed E-state index contributed by atoms with van der Waals surface area (Å²) in [5.41, 5.74) is 4.21. The number of rotatable bonds is 7. The first-order chi connectivity index (χ1) is 20.3. The van der Waals surface area contributed by atoms with Gasteiger partial charge in [-0.3, -0.25) is 9.69 Å². The van der Waals surface area contributed by atoms with Crippen molar-refractivity contribution in [2.45, 2.75) is 49.4 Å². The molecule has 0 radical (unpaired) electrons. The number of carbonyl (C=O) groups excluding carboxylic acids is 2. The highest BCUT2D eigenvalue weighted by molar-refractivity contribution is 5.93. The van der Waals surface area contributed by atoms with E-state index in [1.54, 1.807) is 0 Å². The van der Waals surface area contributed by atoms with Crippen LogP contribution in [0.5, 0.6) is 0 Å². The molecule has 218 valence electrons. The summed E-state index contributed by atoms with van der Waals surface area (Å²) in [5, 5.41) is 22.9. The molecule has 3 aromatic rings. The lowest BCUT2D eigenvalue weighted by atomic mass is 9.85. The molecular weight excluding hydrogens is 534 g/mol. The zero-order chi connectivity index (χ0) is 29.3. The minimum absolute atomic E-state index is 0.0395. The van der Waals surface area contributed by atoms with Crippen LogP contribution in [0.2, 0.25) is 0 Å². The van der Waals surface area contributed by atoms with Crippen LogP contribution in [0.25, 0.3) is 11.1 Å². The highest BCUT2D eigenvalue weighted by atomic mass is 16.5. The number of fused-ring (bicyclic) bond motifs is 3. The molecule has 9 heteroatoms. The monoisotopic (exact) mass is 569 g/mol. The summed E-state index contributed by atoms with van der Waals surface area (Å²) >= 11 is 0. The van der Waals surface area contributed by atoms with Gasteiger partial charge >= 0.3 is 12.1 Å². The van der Waals surface area contributed by atoms with Crippen LogP contribution < -0.4 is 5.32 Å². The lowest BCUT2D eigenvalue weighted by Gasteiger charge is -2.43. The molecular formula is C33H35N3O6. The SMILES string of the molecule is O=C(NC1(C(=O)N2CC(O)C[C@H]2C(=O)O)CCN(Cc2ccccc2)CC1)OCC1c2ccccc2-c2ccccc21. The van der Waals surface area contributed by atoms with Crippen LogP contribution in [-0.4, -0.2) is 81.9 Å². The average Bonchev–Trinajstić information content (AvgIpc) is 3.55. The van der Waals surface area contributed by atoms with E-state index in [0.29, 0.717) is 32.5 Å². The number of hydrogen-bond donors (Lipinski definition) is 3. The molecule has 0 aromatic heterocycles. The van der Waals surface area contributed by atoms with Gasteiger partial charge in [0.2, 0.25) is 5.91 Å². The third kappa shape index (κ3) is 5.37. The van der Waals surface area contributed by atoms with Crippen molar-refractivity contribution in [1.29, 1.82) is 0 Å². The number of aliphatic carboxylic acids is 1. The lowest BCUT2D eigenvalue weighted by molar-refractivity contribution is -0.152. The summed E-state index contributed by atoms with van der Waals surface area (Å²) in [7, 11) is 0. The van der Waals surface area contributed by atoms with Gasteiger partial charge in [-0.25, -0.2) is 9.59 Å². The van der Waals surface area contributed by atoms with Crippen molar-refractivity contribution in [1.82, 2.24) is 15.1 Å². The van der Waals surface area contributed by atoms with Gasteiger partial charge < -0.3 is 25.2 Å². The number of ether oxygens (including phenoxy) is 1. The summed E-state index contributed by atoms with van der Waals surface area (Å²) in [6.45, 7) is 1.77. The third-order valence-electron chi connectivity index (χ3n) is 8.88. The second-order valence-electron chi connectivity index (χ2n) is 11.5. The molecule has 2 atom stereocenters. The van der Waals surface area contributed by atoms with Crippen LogP contribution >= 0.6 is 0 Å². The van der Waals surface area contributed by atoms with Crippen molar-refractivity contribution in [3.8, 4) is 11.1 Å². The molecule has 42 heavy (non-hydrogen) atoms. The maximum atomic E-state index is 14.0. The van der Waals surface area contributed by atoms with E-state index in [1.807, 2.05) is 66.7 Å². The number of amides is 2. The van der Waals surface area contributed by atoms with Crippen molar-refractivity contribution < 1.29 is 29.3 Å². The Morgan fingerprint density at radius 2 is 1.48 bits per heavy atom. The van der Waals surface area contributed by atoms with E-state index in [4.69, 9.17) is 4.74 Å². The second-order valence-corrected chi connectivity index (χ2v) is 11.5. The summed E-state index contributed by atoms with van der Waals surface area (Å²) < 4.78 is 5.80. The number of carboxylic acid groups (broad SMARTS) is 1. The van der Waals surface area contributed by atoms with E-state index in [1.165, 1.54) is 4.90 Å². The number of β-amino-alcohol motifs (C(OH)–C–C–N with tert-alkyl or cyclic N) is 1. The summed E-state index contributed by atoms with van der Waals surface area (Å²) in [6, 6.07) is 25.0. The van der Waals surface area contributed by atoms with E-state index < -0.39 is 35.7 Å². The van der Waals surface area contributed by atoms with E-state index in [-0.39, 0.29) is 25.5 Å². The van der Waals surface area contributed by atoms with Gasteiger partial charge in [-0.2, -0.15) is 0 Å². The van der Waals surface area contributed by atoms with E-state index in [2.05, 4.69) is 22.3 Å².